The van der Waals surface area contributed by atoms with E-state index in [4.69, 9.17) is 5.73 Å². The molecule has 2 unspecified atom stereocenters. The lowest BCUT2D eigenvalue weighted by atomic mass is 9.94. The Kier molecular flexibility index (Phi) is 3.30. The first-order valence-corrected chi connectivity index (χ1v) is 5.13. The van der Waals surface area contributed by atoms with E-state index in [-0.39, 0.29) is 11.6 Å². The van der Waals surface area contributed by atoms with Crippen molar-refractivity contribution in [2.24, 2.45) is 5.73 Å². The fourth-order valence-electron chi connectivity index (χ4n) is 1.82. The van der Waals surface area contributed by atoms with Crippen LogP contribution < -0.4 is 5.73 Å². The molecular formula is C10H21FN2. The quantitative estimate of drug-likeness (QED) is 0.671. The van der Waals surface area contributed by atoms with E-state index < -0.39 is 6.30 Å². The second-order valence-electron chi connectivity index (χ2n) is 4.58. The Bertz CT molecular complexity index is 170. The van der Waals surface area contributed by atoms with Gasteiger partial charge in [-0.3, -0.25) is 4.90 Å². The van der Waals surface area contributed by atoms with Crippen molar-refractivity contribution in [3.8, 4) is 0 Å². The highest BCUT2D eigenvalue weighted by atomic mass is 19.1. The first kappa shape index (κ1) is 10.9. The Morgan fingerprint density at radius 2 is 2.15 bits per heavy atom. The van der Waals surface area contributed by atoms with E-state index in [1.165, 1.54) is 0 Å². The summed E-state index contributed by atoms with van der Waals surface area (Å²) in [4.78, 5) is 1.94. The summed E-state index contributed by atoms with van der Waals surface area (Å²) in [7, 11) is 0. The fourth-order valence-corrected chi connectivity index (χ4v) is 1.82. The predicted octanol–water partition coefficient (Wildman–Crippen LogP) is 1.89. The molecule has 0 saturated carbocycles. The van der Waals surface area contributed by atoms with Crippen LogP contribution in [-0.2, 0) is 0 Å². The number of hydrogen-bond acceptors (Lipinski definition) is 2. The Morgan fingerprint density at radius 3 is 2.62 bits per heavy atom. The van der Waals surface area contributed by atoms with Crippen molar-refractivity contribution >= 4 is 0 Å². The van der Waals surface area contributed by atoms with Crippen LogP contribution in [0.5, 0.6) is 0 Å². The minimum absolute atomic E-state index is 0.0282. The molecule has 0 aromatic rings. The van der Waals surface area contributed by atoms with Crippen LogP contribution in [0.4, 0.5) is 4.39 Å². The highest BCUT2D eigenvalue weighted by Gasteiger charge is 2.35. The lowest BCUT2D eigenvalue weighted by Crippen LogP contribution is -2.54. The van der Waals surface area contributed by atoms with Crippen LogP contribution in [0.1, 0.15) is 40.0 Å². The van der Waals surface area contributed by atoms with Crippen molar-refractivity contribution in [3.63, 3.8) is 0 Å². The van der Waals surface area contributed by atoms with Crippen molar-refractivity contribution in [2.45, 2.75) is 57.9 Å². The molecule has 1 saturated heterocycles. The van der Waals surface area contributed by atoms with Gasteiger partial charge in [0, 0.05) is 24.5 Å². The Balaban J connectivity index is 2.60. The van der Waals surface area contributed by atoms with Crippen molar-refractivity contribution < 1.29 is 4.39 Å². The monoisotopic (exact) mass is 188 g/mol. The van der Waals surface area contributed by atoms with Gasteiger partial charge in [-0.1, -0.05) is 6.92 Å². The zero-order valence-corrected chi connectivity index (χ0v) is 8.89. The summed E-state index contributed by atoms with van der Waals surface area (Å²) in [5.74, 6) is 0. The van der Waals surface area contributed by atoms with E-state index in [0.29, 0.717) is 6.42 Å². The molecule has 0 aromatic heterocycles. The molecule has 1 heterocycles. The molecule has 0 radical (unpaired) electrons. The van der Waals surface area contributed by atoms with Gasteiger partial charge in [-0.25, -0.2) is 4.39 Å². The molecule has 0 bridgehead atoms. The molecule has 1 fully saturated rings. The van der Waals surface area contributed by atoms with Crippen molar-refractivity contribution in [3.05, 3.63) is 0 Å². The van der Waals surface area contributed by atoms with E-state index in [1.807, 2.05) is 4.90 Å². The Labute approximate surface area is 80.3 Å². The SMILES string of the molecule is CCC(C)(C)N1CCC(N)CC1F. The highest BCUT2D eigenvalue weighted by Crippen LogP contribution is 2.28. The number of nitrogens with two attached hydrogens (primary N) is 1. The van der Waals surface area contributed by atoms with Crippen molar-refractivity contribution in [1.29, 1.82) is 0 Å². The first-order valence-electron chi connectivity index (χ1n) is 5.13. The summed E-state index contributed by atoms with van der Waals surface area (Å²) in [6, 6.07) is 0.0545. The Morgan fingerprint density at radius 1 is 1.54 bits per heavy atom. The van der Waals surface area contributed by atoms with Crippen LogP contribution in [0.3, 0.4) is 0 Å². The maximum Gasteiger partial charge on any atom is 0.155 e. The van der Waals surface area contributed by atoms with Gasteiger partial charge in [0.25, 0.3) is 0 Å². The number of alkyl halides is 1. The van der Waals surface area contributed by atoms with Gasteiger partial charge >= 0.3 is 0 Å². The van der Waals surface area contributed by atoms with E-state index in [0.717, 1.165) is 19.4 Å². The summed E-state index contributed by atoms with van der Waals surface area (Å²) in [5, 5.41) is 0. The lowest BCUT2D eigenvalue weighted by Gasteiger charge is -2.44. The second-order valence-corrected chi connectivity index (χ2v) is 4.58. The highest BCUT2D eigenvalue weighted by molar-refractivity contribution is 4.87. The molecule has 2 atom stereocenters. The molecule has 1 rings (SSSR count). The van der Waals surface area contributed by atoms with Crippen LogP contribution in [0.25, 0.3) is 0 Å². The van der Waals surface area contributed by atoms with Crippen molar-refractivity contribution in [2.75, 3.05) is 6.54 Å². The number of likely N-dealkylation sites (tertiary alicyclic amines) is 1. The van der Waals surface area contributed by atoms with Gasteiger partial charge in [-0.05, 0) is 26.7 Å². The third-order valence-corrected chi connectivity index (χ3v) is 3.22. The molecule has 0 spiro atoms. The molecule has 0 amide bonds. The summed E-state index contributed by atoms with van der Waals surface area (Å²) < 4.78 is 13.6. The zero-order chi connectivity index (χ0) is 10.1. The number of rotatable bonds is 2. The van der Waals surface area contributed by atoms with Crippen LogP contribution in [0.15, 0.2) is 0 Å². The summed E-state index contributed by atoms with van der Waals surface area (Å²) in [6.07, 6.45) is 1.54. The minimum atomic E-state index is -0.848. The van der Waals surface area contributed by atoms with Gasteiger partial charge < -0.3 is 5.73 Å². The van der Waals surface area contributed by atoms with Gasteiger partial charge in [0.2, 0.25) is 0 Å². The van der Waals surface area contributed by atoms with Crippen molar-refractivity contribution in [1.82, 2.24) is 4.90 Å². The molecule has 0 aliphatic carbocycles. The maximum atomic E-state index is 13.6. The smallest absolute Gasteiger partial charge is 0.155 e. The van der Waals surface area contributed by atoms with Gasteiger partial charge in [0.15, 0.2) is 6.30 Å². The third kappa shape index (κ3) is 2.41. The summed E-state index contributed by atoms with van der Waals surface area (Å²) >= 11 is 0. The van der Waals surface area contributed by atoms with Gasteiger partial charge in [-0.2, -0.15) is 0 Å². The second kappa shape index (κ2) is 3.93. The average molecular weight is 188 g/mol. The zero-order valence-electron chi connectivity index (χ0n) is 8.89. The third-order valence-electron chi connectivity index (χ3n) is 3.22. The molecule has 3 heteroatoms. The van der Waals surface area contributed by atoms with Gasteiger partial charge in [0.1, 0.15) is 0 Å². The standard InChI is InChI=1S/C10H21FN2/c1-4-10(2,3)13-6-5-8(12)7-9(13)11/h8-9H,4-7,12H2,1-3H3. The van der Waals surface area contributed by atoms with Crippen LogP contribution in [0.2, 0.25) is 0 Å². The molecule has 2 N–H and O–H groups in total. The number of halogens is 1. The van der Waals surface area contributed by atoms with E-state index in [1.54, 1.807) is 0 Å². The van der Waals surface area contributed by atoms with Crippen LogP contribution in [0, 0.1) is 0 Å². The number of nitrogens with zero attached hydrogens (tertiary/aromatic N) is 1. The lowest BCUT2D eigenvalue weighted by molar-refractivity contribution is -0.0354. The molecule has 1 aliphatic heterocycles. The average Bonchev–Trinajstić information content (AvgIpc) is 2.03. The van der Waals surface area contributed by atoms with Gasteiger partial charge in [-0.15, -0.1) is 0 Å². The fraction of sp³-hybridized carbons (Fsp3) is 1.00. The Hall–Kier alpha value is -0.150. The maximum absolute atomic E-state index is 13.6. The first-order chi connectivity index (χ1) is 5.97. The van der Waals surface area contributed by atoms with Crippen LogP contribution >= 0.6 is 0 Å². The molecule has 1 aliphatic rings. The molecular weight excluding hydrogens is 167 g/mol. The number of hydrogen-bond donors (Lipinski definition) is 1. The number of piperidine rings is 1. The summed E-state index contributed by atoms with van der Waals surface area (Å²) in [6.45, 7) is 7.08. The van der Waals surface area contributed by atoms with E-state index in [2.05, 4.69) is 20.8 Å². The van der Waals surface area contributed by atoms with Gasteiger partial charge in [0.05, 0.1) is 0 Å². The molecule has 13 heavy (non-hydrogen) atoms. The molecule has 0 aromatic carbocycles. The minimum Gasteiger partial charge on any atom is -0.328 e. The predicted molar refractivity (Wildman–Crippen MR) is 53.2 cm³/mol. The normalized spacial score (nSPS) is 32.1. The molecule has 2 nitrogen and oxygen atoms in total. The molecule has 78 valence electrons. The van der Waals surface area contributed by atoms with E-state index >= 15 is 0 Å². The largest absolute Gasteiger partial charge is 0.328 e. The summed E-state index contributed by atoms with van der Waals surface area (Å²) in [5.41, 5.74) is 5.68. The van der Waals surface area contributed by atoms with Crippen LogP contribution in [-0.4, -0.2) is 29.3 Å². The topological polar surface area (TPSA) is 29.3 Å². The van der Waals surface area contributed by atoms with E-state index in [9.17, 15) is 4.39 Å².